The minimum Gasteiger partial charge on any atom is -0.316 e. The van der Waals surface area contributed by atoms with Crippen molar-refractivity contribution in [3.8, 4) is 0 Å². The van der Waals surface area contributed by atoms with Gasteiger partial charge in [-0.2, -0.15) is 0 Å². The number of likely N-dealkylation sites (N-methyl/N-ethyl adjacent to an activating group) is 1. The van der Waals surface area contributed by atoms with E-state index in [0.29, 0.717) is 5.54 Å². The predicted molar refractivity (Wildman–Crippen MR) is 82.6 cm³/mol. The Balaban J connectivity index is 1.77. The Bertz CT molecular complexity index is 259. The highest BCUT2D eigenvalue weighted by Crippen LogP contribution is 2.35. The number of likely N-dealkylation sites (tertiary alicyclic amines) is 1. The van der Waals surface area contributed by atoms with Crippen molar-refractivity contribution >= 4 is 0 Å². The van der Waals surface area contributed by atoms with Crippen molar-refractivity contribution in [1.29, 1.82) is 0 Å². The van der Waals surface area contributed by atoms with Crippen molar-refractivity contribution < 1.29 is 0 Å². The van der Waals surface area contributed by atoms with E-state index < -0.39 is 0 Å². The topological polar surface area (TPSA) is 18.5 Å². The molecule has 2 aliphatic rings. The lowest BCUT2D eigenvalue weighted by Gasteiger charge is -2.39. The summed E-state index contributed by atoms with van der Waals surface area (Å²) >= 11 is 0. The second-order valence-electron chi connectivity index (χ2n) is 6.92. The van der Waals surface area contributed by atoms with Gasteiger partial charge in [0.25, 0.3) is 0 Å². The molecule has 0 bridgehead atoms. The molecule has 1 unspecified atom stereocenters. The minimum atomic E-state index is 0.478. The monoisotopic (exact) mass is 267 g/mol. The number of hydrogen-bond donors (Lipinski definition) is 1. The normalized spacial score (nSPS) is 27.5. The van der Waals surface area contributed by atoms with Gasteiger partial charge in [-0.3, -0.25) is 0 Å². The Kier molecular flexibility index (Phi) is 5.67. The largest absolute Gasteiger partial charge is 0.316 e. The standard InChI is InChI=1S/C16H33N3/c1-4-10-17-12-15-7-11-19(13-15)14-16(18(2)3)8-5-6-9-16/h15,17H,4-14H2,1-3H3. The van der Waals surface area contributed by atoms with E-state index in [1.54, 1.807) is 0 Å². The zero-order valence-electron chi connectivity index (χ0n) is 13.2. The second-order valence-corrected chi connectivity index (χ2v) is 6.92. The van der Waals surface area contributed by atoms with Crippen molar-refractivity contribution in [2.75, 3.05) is 46.8 Å². The molecule has 1 N–H and O–H groups in total. The summed E-state index contributed by atoms with van der Waals surface area (Å²) in [6.07, 6.45) is 8.28. The van der Waals surface area contributed by atoms with Gasteiger partial charge in [0.05, 0.1) is 0 Å². The van der Waals surface area contributed by atoms with Crippen molar-refractivity contribution in [2.45, 2.75) is 51.0 Å². The quantitative estimate of drug-likeness (QED) is 0.713. The molecule has 2 rings (SSSR count). The third-order valence-electron chi connectivity index (χ3n) is 5.23. The molecule has 0 aromatic rings. The molecule has 19 heavy (non-hydrogen) atoms. The van der Waals surface area contributed by atoms with Crippen LogP contribution in [0.25, 0.3) is 0 Å². The summed E-state index contributed by atoms with van der Waals surface area (Å²) < 4.78 is 0. The van der Waals surface area contributed by atoms with Crippen molar-refractivity contribution in [2.24, 2.45) is 5.92 Å². The van der Waals surface area contributed by atoms with E-state index in [9.17, 15) is 0 Å². The van der Waals surface area contributed by atoms with Gasteiger partial charge in [-0.1, -0.05) is 19.8 Å². The van der Waals surface area contributed by atoms with Crippen LogP contribution < -0.4 is 5.32 Å². The second kappa shape index (κ2) is 7.05. The molecule has 1 heterocycles. The Morgan fingerprint density at radius 2 is 2.00 bits per heavy atom. The Hall–Kier alpha value is -0.120. The molecule has 0 spiro atoms. The Morgan fingerprint density at radius 1 is 1.26 bits per heavy atom. The van der Waals surface area contributed by atoms with Crippen molar-refractivity contribution in [3.05, 3.63) is 0 Å². The van der Waals surface area contributed by atoms with Gasteiger partial charge in [0.2, 0.25) is 0 Å². The van der Waals surface area contributed by atoms with Gasteiger partial charge in [0.1, 0.15) is 0 Å². The highest BCUT2D eigenvalue weighted by atomic mass is 15.2. The Labute approximate surface area is 119 Å². The lowest BCUT2D eigenvalue weighted by atomic mass is 9.95. The SMILES string of the molecule is CCCNCC1CCN(CC2(N(C)C)CCCC2)C1. The van der Waals surface area contributed by atoms with Crippen LogP contribution in [-0.4, -0.2) is 62.2 Å². The molecule has 0 aromatic carbocycles. The molecule has 112 valence electrons. The van der Waals surface area contributed by atoms with Crippen LogP contribution in [0.15, 0.2) is 0 Å². The lowest BCUT2D eigenvalue weighted by molar-refractivity contribution is 0.103. The number of nitrogens with one attached hydrogen (secondary N) is 1. The van der Waals surface area contributed by atoms with Crippen molar-refractivity contribution in [1.82, 2.24) is 15.1 Å². The first-order valence-corrected chi connectivity index (χ1v) is 8.27. The fraction of sp³-hybridized carbons (Fsp3) is 1.00. The van der Waals surface area contributed by atoms with Gasteiger partial charge in [-0.05, 0) is 65.3 Å². The third-order valence-corrected chi connectivity index (χ3v) is 5.23. The van der Waals surface area contributed by atoms with Gasteiger partial charge in [-0.25, -0.2) is 0 Å². The number of nitrogens with zero attached hydrogens (tertiary/aromatic N) is 2. The smallest absolute Gasteiger partial charge is 0.0330 e. The van der Waals surface area contributed by atoms with E-state index in [0.717, 1.165) is 5.92 Å². The molecular formula is C16H33N3. The van der Waals surface area contributed by atoms with E-state index in [1.807, 2.05) is 0 Å². The van der Waals surface area contributed by atoms with Crippen LogP contribution in [0.1, 0.15) is 45.4 Å². The van der Waals surface area contributed by atoms with Crippen LogP contribution >= 0.6 is 0 Å². The molecule has 3 heteroatoms. The fourth-order valence-corrected chi connectivity index (χ4v) is 3.90. The van der Waals surface area contributed by atoms with Gasteiger partial charge in [0, 0.05) is 18.6 Å². The number of rotatable bonds is 7. The third kappa shape index (κ3) is 3.93. The highest BCUT2D eigenvalue weighted by Gasteiger charge is 2.38. The number of hydrogen-bond acceptors (Lipinski definition) is 3. The van der Waals surface area contributed by atoms with Crippen LogP contribution in [0, 0.1) is 5.92 Å². The fourth-order valence-electron chi connectivity index (χ4n) is 3.90. The zero-order valence-corrected chi connectivity index (χ0v) is 13.2. The summed E-state index contributed by atoms with van der Waals surface area (Å²) in [7, 11) is 4.56. The molecule has 1 atom stereocenters. The molecule has 0 radical (unpaired) electrons. The van der Waals surface area contributed by atoms with E-state index in [1.165, 1.54) is 71.2 Å². The van der Waals surface area contributed by atoms with Gasteiger partial charge < -0.3 is 15.1 Å². The van der Waals surface area contributed by atoms with Crippen LogP contribution in [0.5, 0.6) is 0 Å². The molecule has 1 aliphatic heterocycles. The summed E-state index contributed by atoms with van der Waals surface area (Å²) in [4.78, 5) is 5.23. The van der Waals surface area contributed by atoms with Crippen LogP contribution in [0.4, 0.5) is 0 Å². The van der Waals surface area contributed by atoms with Gasteiger partial charge >= 0.3 is 0 Å². The van der Waals surface area contributed by atoms with E-state index >= 15 is 0 Å². The molecule has 2 fully saturated rings. The van der Waals surface area contributed by atoms with Gasteiger partial charge in [-0.15, -0.1) is 0 Å². The lowest BCUT2D eigenvalue weighted by Crippen LogP contribution is -2.50. The minimum absolute atomic E-state index is 0.478. The molecular weight excluding hydrogens is 234 g/mol. The van der Waals surface area contributed by atoms with E-state index in [4.69, 9.17) is 0 Å². The zero-order chi connectivity index (χ0) is 13.7. The Morgan fingerprint density at radius 3 is 2.63 bits per heavy atom. The maximum Gasteiger partial charge on any atom is 0.0330 e. The average molecular weight is 267 g/mol. The molecule has 3 nitrogen and oxygen atoms in total. The van der Waals surface area contributed by atoms with Gasteiger partial charge in [0.15, 0.2) is 0 Å². The van der Waals surface area contributed by atoms with Crippen molar-refractivity contribution in [3.63, 3.8) is 0 Å². The van der Waals surface area contributed by atoms with E-state index in [2.05, 4.69) is 36.1 Å². The molecule has 0 amide bonds. The molecule has 0 aromatic heterocycles. The predicted octanol–water partition coefficient (Wildman–Crippen LogP) is 2.18. The van der Waals surface area contributed by atoms with Crippen LogP contribution in [-0.2, 0) is 0 Å². The first-order valence-electron chi connectivity index (χ1n) is 8.27. The first kappa shape index (κ1) is 15.3. The molecule has 1 aliphatic carbocycles. The van der Waals surface area contributed by atoms with Crippen LogP contribution in [0.3, 0.4) is 0 Å². The van der Waals surface area contributed by atoms with E-state index in [-0.39, 0.29) is 0 Å². The van der Waals surface area contributed by atoms with Crippen LogP contribution in [0.2, 0.25) is 0 Å². The summed E-state index contributed by atoms with van der Waals surface area (Å²) in [6, 6.07) is 0. The summed E-state index contributed by atoms with van der Waals surface area (Å²) in [5, 5.41) is 3.59. The maximum atomic E-state index is 3.59. The average Bonchev–Trinajstić information content (AvgIpc) is 3.01. The summed E-state index contributed by atoms with van der Waals surface area (Å²) in [6.45, 7) is 8.57. The molecule has 1 saturated heterocycles. The summed E-state index contributed by atoms with van der Waals surface area (Å²) in [5.74, 6) is 0.882. The maximum absolute atomic E-state index is 3.59. The molecule has 1 saturated carbocycles. The summed E-state index contributed by atoms with van der Waals surface area (Å²) in [5.41, 5.74) is 0.478. The first-order chi connectivity index (χ1) is 9.16. The highest BCUT2D eigenvalue weighted by molar-refractivity contribution is 4.96.